The smallest absolute Gasteiger partial charge is 0.152 e. The summed E-state index contributed by atoms with van der Waals surface area (Å²) in [7, 11) is -3.11. The minimum absolute atomic E-state index is 0.0334. The number of hydrogen-bond donors (Lipinski definition) is 1. The quantitative estimate of drug-likeness (QED) is 0.868. The molecular formula is C12H17NO3S. The van der Waals surface area contributed by atoms with E-state index in [1.807, 2.05) is 24.3 Å². The van der Waals surface area contributed by atoms with Crippen molar-refractivity contribution in [3.63, 3.8) is 0 Å². The van der Waals surface area contributed by atoms with Gasteiger partial charge in [0.2, 0.25) is 0 Å². The third kappa shape index (κ3) is 2.98. The van der Waals surface area contributed by atoms with Crippen molar-refractivity contribution in [3.05, 3.63) is 29.8 Å². The van der Waals surface area contributed by atoms with E-state index in [0.717, 1.165) is 11.3 Å². The number of hydrogen-bond acceptors (Lipinski definition) is 4. The van der Waals surface area contributed by atoms with Gasteiger partial charge < -0.3 is 10.5 Å². The van der Waals surface area contributed by atoms with E-state index < -0.39 is 9.84 Å². The molecule has 2 rings (SSSR count). The Bertz CT molecular complexity index is 496. The molecule has 2 atom stereocenters. The number of benzene rings is 1. The molecular weight excluding hydrogens is 238 g/mol. The molecule has 0 saturated carbocycles. The highest BCUT2D eigenvalue weighted by atomic mass is 32.2. The summed E-state index contributed by atoms with van der Waals surface area (Å²) in [4.78, 5) is 0. The van der Waals surface area contributed by atoms with Crippen LogP contribution >= 0.6 is 0 Å². The van der Waals surface area contributed by atoms with Crippen LogP contribution in [0.4, 0.5) is 0 Å². The highest BCUT2D eigenvalue weighted by Gasteiger charge is 2.28. The van der Waals surface area contributed by atoms with Gasteiger partial charge in [0.05, 0.1) is 18.1 Å². The van der Waals surface area contributed by atoms with Crippen LogP contribution in [0.15, 0.2) is 24.3 Å². The number of sulfone groups is 1. The van der Waals surface area contributed by atoms with E-state index in [1.165, 1.54) is 0 Å². The van der Waals surface area contributed by atoms with Crippen molar-refractivity contribution in [1.82, 2.24) is 0 Å². The fourth-order valence-corrected chi connectivity index (χ4v) is 3.97. The van der Waals surface area contributed by atoms with Crippen molar-refractivity contribution in [3.8, 4) is 5.75 Å². The molecule has 0 aromatic heterocycles. The van der Waals surface area contributed by atoms with Crippen LogP contribution in [0.5, 0.6) is 5.75 Å². The molecule has 5 heteroatoms. The molecule has 1 aliphatic rings. The van der Waals surface area contributed by atoms with Gasteiger partial charge in [0.1, 0.15) is 5.75 Å². The van der Waals surface area contributed by atoms with E-state index >= 15 is 0 Å². The Morgan fingerprint density at radius 1 is 1.47 bits per heavy atom. The molecule has 0 fully saturated rings. The Hall–Kier alpha value is -1.07. The Morgan fingerprint density at radius 3 is 2.88 bits per heavy atom. The number of fused-ring (bicyclic) bond motifs is 1. The van der Waals surface area contributed by atoms with Crippen LogP contribution in [0, 0.1) is 0 Å². The van der Waals surface area contributed by atoms with Crippen LogP contribution in [-0.4, -0.2) is 32.6 Å². The maximum Gasteiger partial charge on any atom is 0.152 e. The number of nitrogens with two attached hydrogens (primary N) is 1. The molecule has 0 radical (unpaired) electrons. The van der Waals surface area contributed by atoms with Crippen LogP contribution in [0.2, 0.25) is 0 Å². The average molecular weight is 255 g/mol. The molecule has 0 saturated heterocycles. The fourth-order valence-electron chi connectivity index (χ4n) is 2.14. The molecule has 0 amide bonds. The number of ether oxygens (including phenoxy) is 1. The maximum atomic E-state index is 11.9. The van der Waals surface area contributed by atoms with Gasteiger partial charge in [-0.05, 0) is 13.0 Å². The first-order valence-corrected chi connectivity index (χ1v) is 7.48. The summed E-state index contributed by atoms with van der Waals surface area (Å²) in [6.45, 7) is 2.15. The van der Waals surface area contributed by atoms with E-state index in [1.54, 1.807) is 6.92 Å². The van der Waals surface area contributed by atoms with Crippen molar-refractivity contribution >= 4 is 9.84 Å². The Kier molecular flexibility index (Phi) is 3.40. The van der Waals surface area contributed by atoms with E-state index in [2.05, 4.69) is 0 Å². The summed E-state index contributed by atoms with van der Waals surface area (Å²) >= 11 is 0. The Morgan fingerprint density at radius 2 is 2.18 bits per heavy atom. The molecule has 1 aromatic rings. The van der Waals surface area contributed by atoms with E-state index in [-0.39, 0.29) is 23.5 Å². The monoisotopic (exact) mass is 255 g/mol. The minimum atomic E-state index is -3.11. The second-order valence-electron chi connectivity index (χ2n) is 4.60. The molecule has 2 N–H and O–H groups in total. The summed E-state index contributed by atoms with van der Waals surface area (Å²) < 4.78 is 29.2. The topological polar surface area (TPSA) is 69.4 Å². The molecule has 0 bridgehead atoms. The molecule has 1 heterocycles. The first kappa shape index (κ1) is 12.4. The normalized spacial score (nSPS) is 20.7. The fraction of sp³-hybridized carbons (Fsp3) is 0.500. The van der Waals surface area contributed by atoms with Gasteiger partial charge in [-0.2, -0.15) is 0 Å². The molecule has 17 heavy (non-hydrogen) atoms. The van der Waals surface area contributed by atoms with Gasteiger partial charge >= 0.3 is 0 Å². The van der Waals surface area contributed by atoms with Crippen LogP contribution in [-0.2, 0) is 9.84 Å². The standard InChI is InChI=1S/C12H17NO3S/c1-9(13)7-17(14,15)8-10-6-16-12-5-3-2-4-11(10)12/h2-5,9-10H,6-8,13H2,1H3. The van der Waals surface area contributed by atoms with E-state index in [9.17, 15) is 8.42 Å². The summed E-state index contributed by atoms with van der Waals surface area (Å²) in [5.74, 6) is 0.889. The largest absolute Gasteiger partial charge is 0.493 e. The zero-order chi connectivity index (χ0) is 12.5. The highest BCUT2D eigenvalue weighted by molar-refractivity contribution is 7.91. The predicted molar refractivity (Wildman–Crippen MR) is 67.0 cm³/mol. The third-order valence-electron chi connectivity index (χ3n) is 2.77. The van der Waals surface area contributed by atoms with E-state index in [4.69, 9.17) is 10.5 Å². The van der Waals surface area contributed by atoms with Crippen molar-refractivity contribution < 1.29 is 13.2 Å². The second-order valence-corrected chi connectivity index (χ2v) is 6.75. The third-order valence-corrected chi connectivity index (χ3v) is 4.71. The molecule has 1 aliphatic heterocycles. The summed E-state index contributed by atoms with van der Waals surface area (Å²) in [6.07, 6.45) is 0. The van der Waals surface area contributed by atoms with Crippen LogP contribution in [0.3, 0.4) is 0 Å². The second kappa shape index (κ2) is 4.66. The van der Waals surface area contributed by atoms with Gasteiger partial charge in [-0.25, -0.2) is 8.42 Å². The lowest BCUT2D eigenvalue weighted by molar-refractivity contribution is 0.337. The molecule has 4 nitrogen and oxygen atoms in total. The summed E-state index contributed by atoms with van der Waals surface area (Å²) in [5.41, 5.74) is 6.52. The van der Waals surface area contributed by atoms with Crippen molar-refractivity contribution in [2.24, 2.45) is 5.73 Å². The average Bonchev–Trinajstić information content (AvgIpc) is 2.59. The molecule has 94 valence electrons. The zero-order valence-electron chi connectivity index (χ0n) is 9.80. The SMILES string of the molecule is CC(N)CS(=O)(=O)CC1COc2ccccc21. The van der Waals surface area contributed by atoms with Crippen LogP contribution in [0.1, 0.15) is 18.4 Å². The van der Waals surface area contributed by atoms with Crippen molar-refractivity contribution in [2.75, 3.05) is 18.1 Å². The highest BCUT2D eigenvalue weighted by Crippen LogP contribution is 2.34. The van der Waals surface area contributed by atoms with Gasteiger partial charge in [0.15, 0.2) is 9.84 Å². The lowest BCUT2D eigenvalue weighted by atomic mass is 10.0. The first-order valence-electron chi connectivity index (χ1n) is 5.65. The van der Waals surface area contributed by atoms with Crippen molar-refractivity contribution in [1.29, 1.82) is 0 Å². The molecule has 0 aliphatic carbocycles. The van der Waals surface area contributed by atoms with Gasteiger partial charge in [-0.15, -0.1) is 0 Å². The van der Waals surface area contributed by atoms with Crippen molar-refractivity contribution in [2.45, 2.75) is 18.9 Å². The van der Waals surface area contributed by atoms with Gasteiger partial charge in [-0.1, -0.05) is 18.2 Å². The van der Waals surface area contributed by atoms with Gasteiger partial charge in [0.25, 0.3) is 0 Å². The molecule has 1 aromatic carbocycles. The Labute approximate surface area is 102 Å². The Balaban J connectivity index is 2.12. The molecule has 0 spiro atoms. The number of para-hydroxylation sites is 1. The lowest BCUT2D eigenvalue weighted by Gasteiger charge is -2.11. The predicted octanol–water partition coefficient (Wildman–Crippen LogP) is 0.925. The van der Waals surface area contributed by atoms with E-state index in [0.29, 0.717) is 6.61 Å². The van der Waals surface area contributed by atoms with Crippen LogP contribution < -0.4 is 10.5 Å². The maximum absolute atomic E-state index is 11.9. The minimum Gasteiger partial charge on any atom is -0.493 e. The zero-order valence-corrected chi connectivity index (χ0v) is 10.6. The first-order chi connectivity index (χ1) is 7.98. The van der Waals surface area contributed by atoms with Crippen LogP contribution in [0.25, 0.3) is 0 Å². The molecule has 2 unspecified atom stereocenters. The lowest BCUT2D eigenvalue weighted by Crippen LogP contribution is -2.29. The van der Waals surface area contributed by atoms with Gasteiger partial charge in [0, 0.05) is 17.5 Å². The summed E-state index contributed by atoms with van der Waals surface area (Å²) in [6, 6.07) is 7.26. The van der Waals surface area contributed by atoms with Gasteiger partial charge in [-0.3, -0.25) is 0 Å². The number of rotatable bonds is 4. The summed E-state index contributed by atoms with van der Waals surface area (Å²) in [5, 5.41) is 0.